The average Bonchev–Trinajstić information content (AvgIpc) is 2.51. The van der Waals surface area contributed by atoms with Gasteiger partial charge in [-0.25, -0.2) is 18.5 Å². The van der Waals surface area contributed by atoms with E-state index >= 15 is 0 Å². The molecule has 8 heteroatoms. The van der Waals surface area contributed by atoms with Crippen LogP contribution in [0.25, 0.3) is 0 Å². The van der Waals surface area contributed by atoms with E-state index in [-0.39, 0.29) is 4.21 Å². The first kappa shape index (κ1) is 12.4. The molecule has 15 heavy (non-hydrogen) atoms. The molecule has 0 amide bonds. The minimum absolute atomic E-state index is 0.0786. The minimum Gasteiger partial charge on any atom is -0.360 e. The van der Waals surface area contributed by atoms with E-state index in [9.17, 15) is 8.42 Å². The third-order valence-corrected chi connectivity index (χ3v) is 3.96. The standard InChI is InChI=1S/C7H14N4O2S2/c1-11(2)4-3-9-7-10-5-6(14-7)15(8,12)13/h5H,3-4H2,1-2H3,(H,9,10)(H2,8,12,13). The third-order valence-electron chi connectivity index (χ3n) is 1.60. The van der Waals surface area contributed by atoms with Crippen LogP contribution in [-0.4, -0.2) is 45.5 Å². The van der Waals surface area contributed by atoms with E-state index < -0.39 is 10.0 Å². The van der Waals surface area contributed by atoms with Gasteiger partial charge in [-0.05, 0) is 14.1 Å². The summed E-state index contributed by atoms with van der Waals surface area (Å²) in [6.07, 6.45) is 1.26. The van der Waals surface area contributed by atoms with Gasteiger partial charge < -0.3 is 10.2 Å². The number of sulfonamides is 1. The number of hydrogen-bond acceptors (Lipinski definition) is 6. The fourth-order valence-corrected chi connectivity index (χ4v) is 2.34. The Balaban J connectivity index is 2.54. The number of primary sulfonamides is 1. The van der Waals surface area contributed by atoms with Crippen molar-refractivity contribution in [2.24, 2.45) is 5.14 Å². The van der Waals surface area contributed by atoms with Crippen molar-refractivity contribution < 1.29 is 8.42 Å². The van der Waals surface area contributed by atoms with Crippen LogP contribution in [0, 0.1) is 0 Å². The Morgan fingerprint density at radius 3 is 2.73 bits per heavy atom. The van der Waals surface area contributed by atoms with Gasteiger partial charge in [-0.2, -0.15) is 0 Å². The Morgan fingerprint density at radius 1 is 1.60 bits per heavy atom. The molecule has 86 valence electrons. The molecular weight excluding hydrogens is 236 g/mol. The molecule has 0 unspecified atom stereocenters. The summed E-state index contributed by atoms with van der Waals surface area (Å²) in [4.78, 5) is 5.92. The van der Waals surface area contributed by atoms with E-state index in [1.807, 2.05) is 19.0 Å². The highest BCUT2D eigenvalue weighted by Crippen LogP contribution is 2.20. The zero-order chi connectivity index (χ0) is 11.5. The van der Waals surface area contributed by atoms with Crippen molar-refractivity contribution in [3.05, 3.63) is 6.20 Å². The summed E-state index contributed by atoms with van der Waals surface area (Å²) in [7, 11) is 0.298. The maximum Gasteiger partial charge on any atom is 0.249 e. The number of nitrogens with zero attached hydrogens (tertiary/aromatic N) is 2. The van der Waals surface area contributed by atoms with Gasteiger partial charge in [0.1, 0.15) is 0 Å². The Bertz CT molecular complexity index is 412. The van der Waals surface area contributed by atoms with Gasteiger partial charge in [-0.15, -0.1) is 0 Å². The molecule has 0 aliphatic rings. The lowest BCUT2D eigenvalue weighted by atomic mass is 10.6. The first-order chi connectivity index (χ1) is 6.89. The van der Waals surface area contributed by atoms with E-state index in [1.165, 1.54) is 6.20 Å². The summed E-state index contributed by atoms with van der Waals surface area (Å²) in [5.74, 6) is 0. The Morgan fingerprint density at radius 2 is 2.27 bits per heavy atom. The second-order valence-corrected chi connectivity index (χ2v) is 6.08. The molecule has 1 heterocycles. The highest BCUT2D eigenvalue weighted by Gasteiger charge is 2.11. The number of likely N-dealkylation sites (N-methyl/N-ethyl adjacent to an activating group) is 1. The van der Waals surface area contributed by atoms with Crippen LogP contribution in [0.5, 0.6) is 0 Å². The van der Waals surface area contributed by atoms with Crippen molar-refractivity contribution in [3.63, 3.8) is 0 Å². The van der Waals surface area contributed by atoms with Crippen LogP contribution in [0.1, 0.15) is 0 Å². The Hall–Kier alpha value is -0.700. The molecule has 0 atom stereocenters. The summed E-state index contributed by atoms with van der Waals surface area (Å²) in [6.45, 7) is 1.56. The zero-order valence-corrected chi connectivity index (χ0v) is 10.2. The normalized spacial score (nSPS) is 12.0. The van der Waals surface area contributed by atoms with E-state index in [1.54, 1.807) is 0 Å². The van der Waals surface area contributed by atoms with E-state index in [2.05, 4.69) is 10.3 Å². The van der Waals surface area contributed by atoms with Gasteiger partial charge in [0, 0.05) is 13.1 Å². The molecule has 0 aliphatic heterocycles. The molecule has 6 nitrogen and oxygen atoms in total. The minimum atomic E-state index is -3.62. The SMILES string of the molecule is CN(C)CCNc1ncc(S(N)(=O)=O)s1. The molecule has 3 N–H and O–H groups in total. The summed E-state index contributed by atoms with van der Waals surface area (Å²) in [5, 5.41) is 8.54. The number of rotatable bonds is 5. The molecule has 0 saturated carbocycles. The fourth-order valence-electron chi connectivity index (χ4n) is 0.859. The Kier molecular flexibility index (Phi) is 4.03. The molecule has 1 aromatic rings. The summed E-state index contributed by atoms with van der Waals surface area (Å²) < 4.78 is 22.0. The van der Waals surface area contributed by atoms with Crippen LogP contribution >= 0.6 is 11.3 Å². The number of nitrogens with two attached hydrogens (primary N) is 1. The van der Waals surface area contributed by atoms with Gasteiger partial charge in [-0.3, -0.25) is 0 Å². The predicted octanol–water partition coefficient (Wildman–Crippen LogP) is -0.236. The summed E-state index contributed by atoms with van der Waals surface area (Å²) >= 11 is 1.04. The van der Waals surface area contributed by atoms with Crippen molar-refractivity contribution in [1.82, 2.24) is 9.88 Å². The van der Waals surface area contributed by atoms with Gasteiger partial charge in [0.25, 0.3) is 0 Å². The molecule has 0 aliphatic carbocycles. The lowest BCUT2D eigenvalue weighted by molar-refractivity contribution is 0.425. The van der Waals surface area contributed by atoms with Crippen LogP contribution in [0.3, 0.4) is 0 Å². The van der Waals surface area contributed by atoms with Crippen LogP contribution < -0.4 is 10.5 Å². The van der Waals surface area contributed by atoms with Crippen molar-refractivity contribution >= 4 is 26.5 Å². The number of aromatic nitrogens is 1. The molecule has 1 aromatic heterocycles. The number of hydrogen-bond donors (Lipinski definition) is 2. The quantitative estimate of drug-likeness (QED) is 0.753. The van der Waals surface area contributed by atoms with Crippen molar-refractivity contribution in [3.8, 4) is 0 Å². The second kappa shape index (κ2) is 4.88. The molecular formula is C7H14N4O2S2. The smallest absolute Gasteiger partial charge is 0.249 e. The van der Waals surface area contributed by atoms with Gasteiger partial charge in [0.2, 0.25) is 10.0 Å². The van der Waals surface area contributed by atoms with Crippen molar-refractivity contribution in [2.75, 3.05) is 32.5 Å². The molecule has 0 aromatic carbocycles. The Labute approximate surface area is 93.2 Å². The fraction of sp³-hybridized carbons (Fsp3) is 0.571. The molecule has 1 rings (SSSR count). The monoisotopic (exact) mass is 250 g/mol. The molecule has 0 spiro atoms. The maximum absolute atomic E-state index is 10.9. The highest BCUT2D eigenvalue weighted by molar-refractivity contribution is 7.91. The van der Waals surface area contributed by atoms with Gasteiger partial charge in [0.15, 0.2) is 9.34 Å². The van der Waals surface area contributed by atoms with Crippen LogP contribution in [0.2, 0.25) is 0 Å². The van der Waals surface area contributed by atoms with E-state index in [4.69, 9.17) is 5.14 Å². The lowest BCUT2D eigenvalue weighted by Gasteiger charge is -2.08. The van der Waals surface area contributed by atoms with E-state index in [0.717, 1.165) is 17.9 Å². The largest absolute Gasteiger partial charge is 0.360 e. The number of thiazole rings is 1. The van der Waals surface area contributed by atoms with Gasteiger partial charge >= 0.3 is 0 Å². The van der Waals surface area contributed by atoms with Gasteiger partial charge in [0.05, 0.1) is 6.20 Å². The topological polar surface area (TPSA) is 88.3 Å². The molecule has 0 bridgehead atoms. The van der Waals surface area contributed by atoms with E-state index in [0.29, 0.717) is 11.7 Å². The third kappa shape index (κ3) is 4.12. The first-order valence-corrected chi connectivity index (χ1v) is 6.63. The van der Waals surface area contributed by atoms with Crippen molar-refractivity contribution in [2.45, 2.75) is 4.21 Å². The number of anilines is 1. The maximum atomic E-state index is 10.9. The summed E-state index contributed by atoms with van der Waals surface area (Å²) in [6, 6.07) is 0. The predicted molar refractivity (Wildman–Crippen MR) is 60.5 cm³/mol. The van der Waals surface area contributed by atoms with Gasteiger partial charge in [-0.1, -0.05) is 11.3 Å². The lowest BCUT2D eigenvalue weighted by Crippen LogP contribution is -2.20. The zero-order valence-electron chi connectivity index (χ0n) is 8.60. The molecule has 0 radical (unpaired) electrons. The number of nitrogens with one attached hydrogen (secondary N) is 1. The highest BCUT2D eigenvalue weighted by atomic mass is 32.2. The molecule has 0 fully saturated rings. The van der Waals surface area contributed by atoms with Crippen LogP contribution in [0.4, 0.5) is 5.13 Å². The van der Waals surface area contributed by atoms with Crippen LogP contribution in [-0.2, 0) is 10.0 Å². The molecule has 0 saturated heterocycles. The second-order valence-electron chi connectivity index (χ2n) is 3.26. The van der Waals surface area contributed by atoms with Crippen LogP contribution in [0.15, 0.2) is 10.4 Å². The summed E-state index contributed by atoms with van der Waals surface area (Å²) in [5.41, 5.74) is 0. The first-order valence-electron chi connectivity index (χ1n) is 4.27. The average molecular weight is 250 g/mol. The van der Waals surface area contributed by atoms with Crippen molar-refractivity contribution in [1.29, 1.82) is 0 Å².